The maximum Gasteiger partial charge on any atom is 0.416 e. The van der Waals surface area contributed by atoms with E-state index < -0.39 is 17.3 Å². The molecule has 1 aromatic carbocycles. The number of nitrogens with two attached hydrogens (primary N) is 1. The van der Waals surface area contributed by atoms with Gasteiger partial charge in [0.05, 0.1) is 17.2 Å². The monoisotopic (exact) mass is 302 g/mol. The zero-order valence-electron chi connectivity index (χ0n) is 12.3. The summed E-state index contributed by atoms with van der Waals surface area (Å²) < 4.78 is 44.0. The summed E-state index contributed by atoms with van der Waals surface area (Å²) in [4.78, 5) is 0. The lowest BCUT2D eigenvalue weighted by atomic mass is 9.84. The second-order valence-electron chi connectivity index (χ2n) is 5.64. The van der Waals surface area contributed by atoms with Crippen LogP contribution in [0.2, 0.25) is 0 Å². The van der Waals surface area contributed by atoms with Crippen LogP contribution in [-0.2, 0) is 10.9 Å². The van der Waals surface area contributed by atoms with Gasteiger partial charge in [-0.3, -0.25) is 11.3 Å². The van der Waals surface area contributed by atoms with Gasteiger partial charge in [0.1, 0.15) is 0 Å². The molecular weight excluding hydrogens is 281 g/mol. The zero-order valence-corrected chi connectivity index (χ0v) is 12.3. The topological polar surface area (TPSA) is 47.3 Å². The Morgan fingerprint density at radius 1 is 1.29 bits per heavy atom. The minimum atomic E-state index is -4.33. The minimum absolute atomic E-state index is 0.313. The minimum Gasteiger partial charge on any atom is -0.376 e. The lowest BCUT2D eigenvalue weighted by molar-refractivity contribution is -0.137. The molecule has 0 spiro atoms. The van der Waals surface area contributed by atoms with Gasteiger partial charge in [0.2, 0.25) is 0 Å². The molecule has 3 nitrogen and oxygen atoms in total. The van der Waals surface area contributed by atoms with Gasteiger partial charge in [0.15, 0.2) is 0 Å². The first-order chi connectivity index (χ1) is 9.84. The number of benzene rings is 1. The van der Waals surface area contributed by atoms with E-state index in [-0.39, 0.29) is 6.04 Å². The van der Waals surface area contributed by atoms with Gasteiger partial charge in [-0.2, -0.15) is 13.2 Å². The highest BCUT2D eigenvalue weighted by atomic mass is 19.4. The van der Waals surface area contributed by atoms with Crippen molar-refractivity contribution in [3.63, 3.8) is 0 Å². The molecule has 0 amide bonds. The van der Waals surface area contributed by atoms with Crippen LogP contribution >= 0.6 is 0 Å². The van der Waals surface area contributed by atoms with Crippen molar-refractivity contribution in [3.05, 3.63) is 34.9 Å². The van der Waals surface area contributed by atoms with Gasteiger partial charge in [-0.25, -0.2) is 0 Å². The fourth-order valence-electron chi connectivity index (χ4n) is 3.29. The Morgan fingerprint density at radius 2 is 1.90 bits per heavy atom. The molecule has 1 aromatic rings. The third-order valence-electron chi connectivity index (χ3n) is 4.46. The average Bonchev–Trinajstić information content (AvgIpc) is 2.90. The van der Waals surface area contributed by atoms with Crippen molar-refractivity contribution < 1.29 is 17.9 Å². The van der Waals surface area contributed by atoms with Crippen LogP contribution in [0.25, 0.3) is 0 Å². The quantitative estimate of drug-likeness (QED) is 0.661. The molecule has 0 aromatic heterocycles. The van der Waals surface area contributed by atoms with Crippen LogP contribution in [-0.4, -0.2) is 12.7 Å². The fourth-order valence-corrected chi connectivity index (χ4v) is 3.29. The Hall–Kier alpha value is -1.11. The van der Waals surface area contributed by atoms with Crippen molar-refractivity contribution in [3.8, 4) is 0 Å². The van der Waals surface area contributed by atoms with E-state index >= 15 is 0 Å². The van der Waals surface area contributed by atoms with E-state index in [1.165, 1.54) is 6.07 Å². The molecule has 3 N–H and O–H groups in total. The molecule has 118 valence electrons. The third-order valence-corrected chi connectivity index (χ3v) is 4.46. The third kappa shape index (κ3) is 3.07. The summed E-state index contributed by atoms with van der Waals surface area (Å²) in [5, 5.41) is 0. The summed E-state index contributed by atoms with van der Waals surface area (Å²) in [6.45, 7) is 1.67. The molecule has 1 fully saturated rings. The average molecular weight is 302 g/mol. The number of hydrogen-bond acceptors (Lipinski definition) is 3. The summed E-state index contributed by atoms with van der Waals surface area (Å²) in [5.74, 6) is 5.69. The van der Waals surface area contributed by atoms with Crippen LogP contribution in [0.4, 0.5) is 13.2 Å². The molecule has 6 heteroatoms. The second-order valence-corrected chi connectivity index (χ2v) is 5.64. The Bertz CT molecular complexity index is 496. The number of aryl methyl sites for hydroxylation is 1. The van der Waals surface area contributed by atoms with Crippen LogP contribution in [0, 0.1) is 6.92 Å². The lowest BCUT2D eigenvalue weighted by Crippen LogP contribution is -2.46. The summed E-state index contributed by atoms with van der Waals surface area (Å²) in [7, 11) is 1.63. The van der Waals surface area contributed by atoms with Gasteiger partial charge in [0, 0.05) is 7.11 Å². The van der Waals surface area contributed by atoms with Gasteiger partial charge < -0.3 is 4.74 Å². The van der Waals surface area contributed by atoms with Crippen molar-refractivity contribution in [1.29, 1.82) is 0 Å². The second kappa shape index (κ2) is 5.94. The molecule has 0 saturated heterocycles. The highest BCUT2D eigenvalue weighted by Crippen LogP contribution is 2.43. The zero-order chi connectivity index (χ0) is 15.7. The molecule has 1 atom stereocenters. The first-order valence-electron chi connectivity index (χ1n) is 7.03. The molecule has 1 unspecified atom stereocenters. The molecule has 21 heavy (non-hydrogen) atoms. The summed E-state index contributed by atoms with van der Waals surface area (Å²) >= 11 is 0. The van der Waals surface area contributed by atoms with Crippen LogP contribution in [0.3, 0.4) is 0 Å². The Labute approximate surface area is 122 Å². The Kier molecular flexibility index (Phi) is 4.60. The van der Waals surface area contributed by atoms with Crippen molar-refractivity contribution in [2.24, 2.45) is 5.84 Å². The standard InChI is InChI=1S/C15H21F3N2O/c1-10-9-11(15(16,17)18)5-6-12(10)13(20-19)14(21-2)7-3-4-8-14/h5-6,9,13,20H,3-4,7-8,19H2,1-2H3. The molecule has 1 aliphatic carbocycles. The van der Waals surface area contributed by atoms with E-state index in [0.29, 0.717) is 5.56 Å². The first kappa shape index (κ1) is 16.3. The molecule has 0 heterocycles. The van der Waals surface area contributed by atoms with Crippen molar-refractivity contribution in [1.82, 2.24) is 5.43 Å². The Morgan fingerprint density at radius 3 is 2.33 bits per heavy atom. The van der Waals surface area contributed by atoms with Gasteiger partial charge in [-0.05, 0) is 43.0 Å². The maximum atomic E-state index is 12.8. The van der Waals surface area contributed by atoms with Crippen LogP contribution in [0.5, 0.6) is 0 Å². The highest BCUT2D eigenvalue weighted by Gasteiger charge is 2.43. The molecule has 0 radical (unpaired) electrons. The van der Waals surface area contributed by atoms with E-state index in [1.54, 1.807) is 14.0 Å². The van der Waals surface area contributed by atoms with Crippen LogP contribution in [0.15, 0.2) is 18.2 Å². The number of halogens is 3. The van der Waals surface area contributed by atoms with Gasteiger partial charge in [-0.1, -0.05) is 18.9 Å². The van der Waals surface area contributed by atoms with Crippen molar-refractivity contribution in [2.75, 3.05) is 7.11 Å². The maximum absolute atomic E-state index is 12.8. The van der Waals surface area contributed by atoms with E-state index in [4.69, 9.17) is 10.6 Å². The number of ether oxygens (including phenoxy) is 1. The van der Waals surface area contributed by atoms with E-state index in [2.05, 4.69) is 5.43 Å². The summed E-state index contributed by atoms with van der Waals surface area (Å²) in [6, 6.07) is 3.46. The lowest BCUT2D eigenvalue weighted by Gasteiger charge is -2.37. The molecule has 2 rings (SSSR count). The smallest absolute Gasteiger partial charge is 0.376 e. The van der Waals surface area contributed by atoms with Gasteiger partial charge in [-0.15, -0.1) is 0 Å². The van der Waals surface area contributed by atoms with Crippen LogP contribution in [0.1, 0.15) is 48.4 Å². The molecular formula is C15H21F3N2O. The number of hydrogen-bond donors (Lipinski definition) is 2. The predicted molar refractivity (Wildman–Crippen MR) is 74.5 cm³/mol. The molecule has 0 bridgehead atoms. The predicted octanol–water partition coefficient (Wildman–Crippen LogP) is 3.48. The number of alkyl halides is 3. The Balaban J connectivity index is 2.39. The van der Waals surface area contributed by atoms with E-state index in [0.717, 1.165) is 43.4 Å². The number of methoxy groups -OCH3 is 1. The first-order valence-corrected chi connectivity index (χ1v) is 7.03. The van der Waals surface area contributed by atoms with Crippen molar-refractivity contribution >= 4 is 0 Å². The van der Waals surface area contributed by atoms with Crippen molar-refractivity contribution in [2.45, 2.75) is 50.4 Å². The normalized spacial score (nSPS) is 19.7. The molecule has 1 aliphatic rings. The number of hydrazine groups is 1. The molecule has 0 aliphatic heterocycles. The summed E-state index contributed by atoms with van der Waals surface area (Å²) in [5.41, 5.74) is 2.98. The van der Waals surface area contributed by atoms with E-state index in [1.807, 2.05) is 0 Å². The summed E-state index contributed by atoms with van der Waals surface area (Å²) in [6.07, 6.45) is -0.573. The van der Waals surface area contributed by atoms with Gasteiger partial charge in [0.25, 0.3) is 0 Å². The van der Waals surface area contributed by atoms with E-state index in [9.17, 15) is 13.2 Å². The SMILES string of the molecule is COC1(C(NN)c2ccc(C(F)(F)F)cc2C)CCCC1. The van der Waals surface area contributed by atoms with Crippen LogP contribution < -0.4 is 11.3 Å². The number of rotatable bonds is 4. The highest BCUT2D eigenvalue weighted by molar-refractivity contribution is 5.36. The fraction of sp³-hybridized carbons (Fsp3) is 0.600. The van der Waals surface area contributed by atoms with Gasteiger partial charge >= 0.3 is 6.18 Å². The number of nitrogens with one attached hydrogen (secondary N) is 1. The largest absolute Gasteiger partial charge is 0.416 e. The molecule has 1 saturated carbocycles.